The van der Waals surface area contributed by atoms with Gasteiger partial charge in [0.1, 0.15) is 0 Å². The number of nitrogens with zero attached hydrogens (tertiary/aromatic N) is 1. The highest BCUT2D eigenvalue weighted by atomic mass is 16.2. The number of carbonyl (C=O) groups excluding carboxylic acids is 1. The van der Waals surface area contributed by atoms with E-state index in [0.717, 1.165) is 6.54 Å². The van der Waals surface area contributed by atoms with Gasteiger partial charge >= 0.3 is 0 Å². The third-order valence-electron chi connectivity index (χ3n) is 3.58. The summed E-state index contributed by atoms with van der Waals surface area (Å²) in [6, 6.07) is 0.946. The Morgan fingerprint density at radius 1 is 1.35 bits per heavy atom. The van der Waals surface area contributed by atoms with Crippen molar-refractivity contribution in [1.82, 2.24) is 10.3 Å². The molecule has 0 aromatic rings. The third kappa shape index (κ3) is 4.64. The number of hydrogen-bond acceptors (Lipinski definition) is 3. The summed E-state index contributed by atoms with van der Waals surface area (Å²) in [4.78, 5) is 13.9. The normalized spacial score (nSPS) is 18.9. The molecule has 0 aromatic heterocycles. The first-order valence-corrected chi connectivity index (χ1v) is 6.79. The van der Waals surface area contributed by atoms with Gasteiger partial charge in [-0.15, -0.1) is 0 Å². The van der Waals surface area contributed by atoms with Crippen molar-refractivity contribution in [3.63, 3.8) is 0 Å². The molecule has 0 aromatic carbocycles. The van der Waals surface area contributed by atoms with E-state index in [1.807, 2.05) is 0 Å². The largest absolute Gasteiger partial charge is 0.297 e. The van der Waals surface area contributed by atoms with Crippen molar-refractivity contribution in [3.05, 3.63) is 0 Å². The van der Waals surface area contributed by atoms with Gasteiger partial charge in [-0.25, -0.2) is 5.84 Å². The number of amides is 1. The zero-order chi connectivity index (χ0) is 12.8. The third-order valence-corrected chi connectivity index (χ3v) is 3.58. The Morgan fingerprint density at radius 3 is 2.41 bits per heavy atom. The molecular weight excluding hydrogens is 214 g/mol. The highest BCUT2D eigenvalue weighted by Crippen LogP contribution is 2.26. The average Bonchev–Trinajstić information content (AvgIpc) is 2.78. The maximum Gasteiger partial charge on any atom is 0.235 e. The van der Waals surface area contributed by atoms with Crippen molar-refractivity contribution in [2.24, 2.45) is 11.8 Å². The van der Waals surface area contributed by atoms with Gasteiger partial charge in [-0.3, -0.25) is 15.1 Å². The first-order chi connectivity index (χ1) is 8.04. The number of hydrazine groups is 1. The monoisotopic (exact) mass is 241 g/mol. The number of nitrogens with two attached hydrogens (primary N) is 1. The Morgan fingerprint density at radius 2 is 1.94 bits per heavy atom. The Hall–Kier alpha value is -0.610. The van der Waals surface area contributed by atoms with E-state index in [2.05, 4.69) is 31.1 Å². The molecule has 3 N–H and O–H groups in total. The fourth-order valence-electron chi connectivity index (χ4n) is 2.79. The van der Waals surface area contributed by atoms with Gasteiger partial charge in [0.2, 0.25) is 5.91 Å². The predicted octanol–water partition coefficient (Wildman–Crippen LogP) is 1.66. The lowest BCUT2D eigenvalue weighted by Crippen LogP contribution is -2.45. The quantitative estimate of drug-likeness (QED) is 0.422. The molecule has 100 valence electrons. The molecule has 1 aliphatic rings. The van der Waals surface area contributed by atoms with Crippen LogP contribution >= 0.6 is 0 Å². The van der Waals surface area contributed by atoms with Crippen LogP contribution in [0.2, 0.25) is 0 Å². The van der Waals surface area contributed by atoms with Gasteiger partial charge in [0.25, 0.3) is 0 Å². The minimum absolute atomic E-state index is 0.0655. The second kappa shape index (κ2) is 6.97. The Kier molecular flexibility index (Phi) is 5.92. The van der Waals surface area contributed by atoms with Gasteiger partial charge in [-0.1, -0.05) is 26.7 Å². The van der Waals surface area contributed by atoms with Gasteiger partial charge in [-0.05, 0) is 25.7 Å². The van der Waals surface area contributed by atoms with Gasteiger partial charge in [-0.2, -0.15) is 0 Å². The minimum Gasteiger partial charge on any atom is -0.297 e. The van der Waals surface area contributed by atoms with Crippen LogP contribution in [0.5, 0.6) is 0 Å². The number of nitrogens with one attached hydrogen (secondary N) is 1. The van der Waals surface area contributed by atoms with Crippen LogP contribution in [-0.2, 0) is 4.79 Å². The minimum atomic E-state index is -0.0655. The van der Waals surface area contributed by atoms with E-state index in [0.29, 0.717) is 18.4 Å². The fourth-order valence-corrected chi connectivity index (χ4v) is 2.79. The molecular formula is C13H27N3O. The lowest BCUT2D eigenvalue weighted by Gasteiger charge is -2.35. The van der Waals surface area contributed by atoms with E-state index in [1.165, 1.54) is 25.7 Å². The van der Waals surface area contributed by atoms with Crippen LogP contribution in [0.25, 0.3) is 0 Å². The summed E-state index contributed by atoms with van der Waals surface area (Å²) in [6.07, 6.45) is 5.71. The second-order valence-corrected chi connectivity index (χ2v) is 5.65. The summed E-state index contributed by atoms with van der Waals surface area (Å²) < 4.78 is 0. The molecule has 17 heavy (non-hydrogen) atoms. The maximum absolute atomic E-state index is 11.4. The highest BCUT2D eigenvalue weighted by Gasteiger charge is 2.27. The molecule has 4 heteroatoms. The molecule has 1 fully saturated rings. The molecule has 0 aliphatic heterocycles. The smallest absolute Gasteiger partial charge is 0.235 e. The van der Waals surface area contributed by atoms with Crippen LogP contribution in [0.15, 0.2) is 0 Å². The van der Waals surface area contributed by atoms with Crippen LogP contribution in [0, 0.1) is 5.92 Å². The summed E-state index contributed by atoms with van der Waals surface area (Å²) in [7, 11) is 0. The summed E-state index contributed by atoms with van der Waals surface area (Å²) in [6.45, 7) is 7.68. The summed E-state index contributed by atoms with van der Waals surface area (Å²) in [5.41, 5.74) is 2.23. The molecule has 0 bridgehead atoms. The Balaban J connectivity index is 2.57. The average molecular weight is 241 g/mol. The lowest BCUT2D eigenvalue weighted by atomic mass is 10.1. The molecule has 4 nitrogen and oxygen atoms in total. The maximum atomic E-state index is 11.4. The van der Waals surface area contributed by atoms with E-state index >= 15 is 0 Å². The van der Waals surface area contributed by atoms with Crippen LogP contribution < -0.4 is 11.3 Å². The van der Waals surface area contributed by atoms with Crippen LogP contribution in [-0.4, -0.2) is 29.4 Å². The highest BCUT2D eigenvalue weighted by molar-refractivity contribution is 5.75. The van der Waals surface area contributed by atoms with E-state index < -0.39 is 0 Å². The number of rotatable bonds is 6. The second-order valence-electron chi connectivity index (χ2n) is 5.65. The van der Waals surface area contributed by atoms with Crippen molar-refractivity contribution < 1.29 is 4.79 Å². The number of hydrogen-bond donors (Lipinski definition) is 2. The predicted molar refractivity (Wildman–Crippen MR) is 70.2 cm³/mol. The van der Waals surface area contributed by atoms with Gasteiger partial charge in [0.15, 0.2) is 0 Å². The first-order valence-electron chi connectivity index (χ1n) is 6.79. The van der Waals surface area contributed by atoms with Crippen LogP contribution in [0.1, 0.15) is 52.9 Å². The van der Waals surface area contributed by atoms with E-state index in [1.54, 1.807) is 0 Å². The van der Waals surface area contributed by atoms with Gasteiger partial charge < -0.3 is 0 Å². The van der Waals surface area contributed by atoms with Crippen molar-refractivity contribution in [3.8, 4) is 0 Å². The van der Waals surface area contributed by atoms with Gasteiger partial charge in [0.05, 0.1) is 0 Å². The zero-order valence-corrected chi connectivity index (χ0v) is 11.4. The molecule has 0 heterocycles. The molecule has 1 aliphatic carbocycles. The van der Waals surface area contributed by atoms with Crippen molar-refractivity contribution in [2.45, 2.75) is 65.0 Å². The van der Waals surface area contributed by atoms with E-state index in [9.17, 15) is 4.79 Å². The van der Waals surface area contributed by atoms with Crippen LogP contribution in [0.3, 0.4) is 0 Å². The Labute approximate surface area is 105 Å². The van der Waals surface area contributed by atoms with E-state index in [-0.39, 0.29) is 11.9 Å². The van der Waals surface area contributed by atoms with Crippen molar-refractivity contribution in [1.29, 1.82) is 0 Å². The number of carbonyl (C=O) groups is 1. The first kappa shape index (κ1) is 14.5. The topological polar surface area (TPSA) is 58.4 Å². The van der Waals surface area contributed by atoms with Crippen molar-refractivity contribution in [2.75, 3.05) is 6.54 Å². The van der Waals surface area contributed by atoms with Gasteiger partial charge in [0, 0.05) is 25.0 Å². The lowest BCUT2D eigenvalue weighted by molar-refractivity contribution is -0.122. The molecule has 0 spiro atoms. The zero-order valence-electron chi connectivity index (χ0n) is 11.4. The summed E-state index contributed by atoms with van der Waals surface area (Å²) >= 11 is 0. The molecule has 1 atom stereocenters. The molecule has 1 amide bonds. The summed E-state index contributed by atoms with van der Waals surface area (Å²) in [5, 5.41) is 0. The fraction of sp³-hybridized carbons (Fsp3) is 0.923. The Bertz CT molecular complexity index is 237. The standard InChI is InChI=1S/C13H27N3O/c1-10(2)9-16(12-6-4-5-7-12)11(3)8-13(17)15-14/h10-12H,4-9,14H2,1-3H3,(H,15,17). The van der Waals surface area contributed by atoms with Crippen molar-refractivity contribution >= 4 is 5.91 Å². The molecule has 0 saturated heterocycles. The SMILES string of the molecule is CC(C)CN(C(C)CC(=O)NN)C1CCCC1. The van der Waals surface area contributed by atoms with E-state index in [4.69, 9.17) is 5.84 Å². The van der Waals surface area contributed by atoms with Crippen LogP contribution in [0.4, 0.5) is 0 Å². The summed E-state index contributed by atoms with van der Waals surface area (Å²) in [5.74, 6) is 5.73. The molecule has 1 saturated carbocycles. The molecule has 0 radical (unpaired) electrons. The molecule has 1 rings (SSSR count). The molecule has 1 unspecified atom stereocenters.